The molecule has 0 aromatic rings. The molecule has 1 aliphatic rings. The largest absolute Gasteiger partial charge is 0.379 e. The molecule has 4 nitrogen and oxygen atoms in total. The molecule has 1 rings (SSSR count). The minimum absolute atomic E-state index is 0.0265. The molecule has 1 unspecified atom stereocenters. The van der Waals surface area contributed by atoms with E-state index < -0.39 is 0 Å². The second-order valence-electron chi connectivity index (χ2n) is 5.87. The Morgan fingerprint density at radius 2 is 2.12 bits per heavy atom. The van der Waals surface area contributed by atoms with Crippen molar-refractivity contribution in [2.45, 2.75) is 51.6 Å². The first-order valence-electron chi connectivity index (χ1n) is 5.95. The van der Waals surface area contributed by atoms with Crippen molar-refractivity contribution in [1.82, 2.24) is 10.6 Å². The molecule has 16 heavy (non-hydrogen) atoms. The third kappa shape index (κ3) is 4.94. The fourth-order valence-corrected chi connectivity index (χ4v) is 1.76. The smallest absolute Gasteiger partial charge is 0.234 e. The molecule has 0 radical (unpaired) electrons. The van der Waals surface area contributed by atoms with Gasteiger partial charge in [-0.3, -0.25) is 4.79 Å². The fourth-order valence-electron chi connectivity index (χ4n) is 1.76. The van der Waals surface area contributed by atoms with Gasteiger partial charge in [0.05, 0.1) is 18.7 Å². The lowest BCUT2D eigenvalue weighted by atomic mass is 9.95. The number of rotatable bonds is 3. The maximum absolute atomic E-state index is 11.7. The van der Waals surface area contributed by atoms with Crippen LogP contribution in [0, 0.1) is 0 Å². The first-order valence-corrected chi connectivity index (χ1v) is 5.95. The lowest BCUT2D eigenvalue weighted by Crippen LogP contribution is -2.54. The zero-order chi connectivity index (χ0) is 12.2. The summed E-state index contributed by atoms with van der Waals surface area (Å²) in [5.41, 5.74) is -0.212. The highest BCUT2D eigenvalue weighted by atomic mass is 16.5. The van der Waals surface area contributed by atoms with Gasteiger partial charge in [0.1, 0.15) is 0 Å². The van der Waals surface area contributed by atoms with Crippen LogP contribution in [0.25, 0.3) is 0 Å². The maximum Gasteiger partial charge on any atom is 0.234 e. The van der Waals surface area contributed by atoms with Gasteiger partial charge in [0.2, 0.25) is 5.91 Å². The van der Waals surface area contributed by atoms with Gasteiger partial charge in [-0.15, -0.1) is 0 Å². The molecule has 0 aliphatic carbocycles. The molecular weight excluding hydrogens is 204 g/mol. The van der Waals surface area contributed by atoms with Crippen LogP contribution in [0.4, 0.5) is 0 Å². The van der Waals surface area contributed by atoms with E-state index in [2.05, 4.69) is 10.6 Å². The number of carbonyl (C=O) groups is 1. The number of ether oxygens (including phenoxy) is 1. The molecule has 4 heteroatoms. The Morgan fingerprint density at radius 3 is 2.62 bits per heavy atom. The average Bonchev–Trinajstić information content (AvgIpc) is 2.14. The van der Waals surface area contributed by atoms with Gasteiger partial charge >= 0.3 is 0 Å². The van der Waals surface area contributed by atoms with Crippen LogP contribution in [0.3, 0.4) is 0 Å². The average molecular weight is 228 g/mol. The quantitative estimate of drug-likeness (QED) is 0.759. The van der Waals surface area contributed by atoms with Crippen molar-refractivity contribution in [2.75, 3.05) is 19.8 Å². The van der Waals surface area contributed by atoms with Gasteiger partial charge in [0.25, 0.3) is 0 Å². The Morgan fingerprint density at radius 1 is 1.44 bits per heavy atom. The highest BCUT2D eigenvalue weighted by molar-refractivity contribution is 5.78. The summed E-state index contributed by atoms with van der Waals surface area (Å²) in [5, 5.41) is 6.22. The molecule has 1 aliphatic heterocycles. The molecule has 0 spiro atoms. The van der Waals surface area contributed by atoms with Gasteiger partial charge in [-0.2, -0.15) is 0 Å². The second kappa shape index (κ2) is 5.15. The van der Waals surface area contributed by atoms with Crippen molar-refractivity contribution >= 4 is 5.91 Å². The van der Waals surface area contributed by atoms with E-state index in [-0.39, 0.29) is 17.0 Å². The Labute approximate surface area is 98.1 Å². The molecule has 1 fully saturated rings. The normalized spacial score (nSPS) is 26.5. The SMILES string of the molecule is CC(C)(C)NCC(=O)NC1(C)CCCOC1. The summed E-state index contributed by atoms with van der Waals surface area (Å²) in [7, 11) is 0. The molecule has 0 saturated carbocycles. The zero-order valence-corrected chi connectivity index (χ0v) is 10.9. The molecule has 1 amide bonds. The topological polar surface area (TPSA) is 50.4 Å². The van der Waals surface area contributed by atoms with E-state index in [0.717, 1.165) is 19.4 Å². The van der Waals surface area contributed by atoms with Crippen LogP contribution in [0.5, 0.6) is 0 Å². The fraction of sp³-hybridized carbons (Fsp3) is 0.917. The van der Waals surface area contributed by atoms with E-state index in [1.165, 1.54) is 0 Å². The lowest BCUT2D eigenvalue weighted by molar-refractivity contribution is -0.124. The van der Waals surface area contributed by atoms with E-state index in [0.29, 0.717) is 13.2 Å². The minimum Gasteiger partial charge on any atom is -0.379 e. The number of carbonyl (C=O) groups excluding carboxylic acids is 1. The minimum atomic E-state index is -0.186. The van der Waals surface area contributed by atoms with Gasteiger partial charge in [0, 0.05) is 12.1 Å². The summed E-state index contributed by atoms with van der Waals surface area (Å²) < 4.78 is 5.40. The molecule has 1 heterocycles. The van der Waals surface area contributed by atoms with Crippen LogP contribution in [0.2, 0.25) is 0 Å². The lowest BCUT2D eigenvalue weighted by Gasteiger charge is -2.34. The Balaban J connectivity index is 2.33. The molecular formula is C12H24N2O2. The standard InChI is InChI=1S/C12H24N2O2/c1-11(2,3)13-8-10(15)14-12(4)6-5-7-16-9-12/h13H,5-9H2,1-4H3,(H,14,15). The Bertz CT molecular complexity index is 240. The van der Waals surface area contributed by atoms with Crippen LogP contribution >= 0.6 is 0 Å². The van der Waals surface area contributed by atoms with Crippen molar-refractivity contribution in [3.8, 4) is 0 Å². The van der Waals surface area contributed by atoms with Gasteiger partial charge in [-0.1, -0.05) is 0 Å². The summed E-state index contributed by atoms with van der Waals surface area (Å²) in [6, 6.07) is 0. The molecule has 0 bridgehead atoms. The third-order valence-electron chi connectivity index (χ3n) is 2.66. The first kappa shape index (κ1) is 13.5. The van der Waals surface area contributed by atoms with E-state index in [1.807, 2.05) is 27.7 Å². The molecule has 0 aromatic carbocycles. The van der Waals surface area contributed by atoms with Crippen LogP contribution in [-0.4, -0.2) is 36.7 Å². The van der Waals surface area contributed by atoms with E-state index >= 15 is 0 Å². The second-order valence-corrected chi connectivity index (χ2v) is 5.87. The van der Waals surface area contributed by atoms with Crippen LogP contribution < -0.4 is 10.6 Å². The Hall–Kier alpha value is -0.610. The van der Waals surface area contributed by atoms with Gasteiger partial charge in [-0.05, 0) is 40.5 Å². The number of amides is 1. The van der Waals surface area contributed by atoms with Crippen LogP contribution in [-0.2, 0) is 9.53 Å². The summed E-state index contributed by atoms with van der Waals surface area (Å²) in [5.74, 6) is 0.0444. The Kier molecular flexibility index (Phi) is 4.33. The summed E-state index contributed by atoms with van der Waals surface area (Å²) in [4.78, 5) is 11.7. The molecule has 0 aromatic heterocycles. The van der Waals surface area contributed by atoms with Crippen LogP contribution in [0.1, 0.15) is 40.5 Å². The summed E-state index contributed by atoms with van der Waals surface area (Å²) >= 11 is 0. The third-order valence-corrected chi connectivity index (χ3v) is 2.66. The summed E-state index contributed by atoms with van der Waals surface area (Å²) in [6.45, 7) is 9.98. The van der Waals surface area contributed by atoms with E-state index in [4.69, 9.17) is 4.74 Å². The maximum atomic E-state index is 11.7. The molecule has 1 atom stereocenters. The van der Waals surface area contributed by atoms with Crippen molar-refractivity contribution in [3.63, 3.8) is 0 Å². The molecule has 94 valence electrons. The monoisotopic (exact) mass is 228 g/mol. The van der Waals surface area contributed by atoms with Crippen molar-refractivity contribution < 1.29 is 9.53 Å². The van der Waals surface area contributed by atoms with E-state index in [1.54, 1.807) is 0 Å². The van der Waals surface area contributed by atoms with E-state index in [9.17, 15) is 4.79 Å². The van der Waals surface area contributed by atoms with Gasteiger partial charge in [-0.25, -0.2) is 0 Å². The van der Waals surface area contributed by atoms with Gasteiger partial charge < -0.3 is 15.4 Å². The molecule has 1 saturated heterocycles. The zero-order valence-electron chi connectivity index (χ0n) is 10.9. The number of hydrogen-bond donors (Lipinski definition) is 2. The van der Waals surface area contributed by atoms with Crippen molar-refractivity contribution in [2.24, 2.45) is 0 Å². The summed E-state index contributed by atoms with van der Waals surface area (Å²) in [6.07, 6.45) is 2.01. The predicted octanol–water partition coefficient (Wildman–Crippen LogP) is 1.06. The predicted molar refractivity (Wildman–Crippen MR) is 64.4 cm³/mol. The van der Waals surface area contributed by atoms with Crippen molar-refractivity contribution in [1.29, 1.82) is 0 Å². The van der Waals surface area contributed by atoms with Crippen LogP contribution in [0.15, 0.2) is 0 Å². The van der Waals surface area contributed by atoms with Gasteiger partial charge in [0.15, 0.2) is 0 Å². The number of nitrogens with one attached hydrogen (secondary N) is 2. The number of hydrogen-bond acceptors (Lipinski definition) is 3. The molecule has 2 N–H and O–H groups in total. The highest BCUT2D eigenvalue weighted by Crippen LogP contribution is 2.17. The van der Waals surface area contributed by atoms with Crippen molar-refractivity contribution in [3.05, 3.63) is 0 Å². The first-order chi connectivity index (χ1) is 7.31. The highest BCUT2D eigenvalue weighted by Gasteiger charge is 2.29.